The number of allylic oxidation sites excluding steroid dienone is 4. The van der Waals surface area contributed by atoms with Crippen LogP contribution in [0.5, 0.6) is 0 Å². The monoisotopic (exact) mass is 130 g/mol. The molecule has 0 rings (SSSR count). The lowest BCUT2D eigenvalue weighted by molar-refractivity contribution is 0.547. The maximum Gasteiger partial charge on any atom is 0.158 e. The summed E-state index contributed by atoms with van der Waals surface area (Å²) in [6.45, 7) is 7.68. The predicted molar refractivity (Wildman–Crippen MR) is 34.3 cm³/mol. The van der Waals surface area contributed by atoms with Crippen LogP contribution in [0.1, 0.15) is 6.92 Å². The van der Waals surface area contributed by atoms with Crippen LogP contribution < -0.4 is 0 Å². The van der Waals surface area contributed by atoms with E-state index in [1.54, 1.807) is 6.92 Å². The van der Waals surface area contributed by atoms with E-state index in [1.807, 2.05) is 0 Å². The molecule has 0 aromatic heterocycles. The Kier molecular flexibility index (Phi) is 2.85. The minimum absolute atomic E-state index is 0.464. The maximum absolute atomic E-state index is 12.1. The summed E-state index contributed by atoms with van der Waals surface area (Å²) in [6, 6.07) is 0. The summed E-state index contributed by atoms with van der Waals surface area (Å²) in [5, 5.41) is 0. The summed E-state index contributed by atoms with van der Waals surface area (Å²) in [6.07, 6.45) is 0.988. The predicted octanol–water partition coefficient (Wildman–Crippen LogP) is 2.90. The van der Waals surface area contributed by atoms with Crippen LogP contribution in [-0.2, 0) is 0 Å². The number of halogens is 2. The normalized spacial score (nSPS) is 11.2. The van der Waals surface area contributed by atoms with Gasteiger partial charge in [-0.3, -0.25) is 0 Å². The molecule has 0 amide bonds. The zero-order valence-electron chi connectivity index (χ0n) is 5.25. The van der Waals surface area contributed by atoms with Crippen LogP contribution in [0.25, 0.3) is 0 Å². The van der Waals surface area contributed by atoms with Crippen molar-refractivity contribution >= 4 is 0 Å². The second-order valence-electron chi connectivity index (χ2n) is 1.74. The molecule has 0 saturated carbocycles. The van der Waals surface area contributed by atoms with Gasteiger partial charge in [-0.1, -0.05) is 18.7 Å². The lowest BCUT2D eigenvalue weighted by Crippen LogP contribution is -1.72. The summed E-state index contributed by atoms with van der Waals surface area (Å²) in [5.41, 5.74) is 0.464. The molecule has 0 aliphatic heterocycles. The lowest BCUT2D eigenvalue weighted by Gasteiger charge is -1.88. The Morgan fingerprint density at radius 1 is 1.33 bits per heavy atom. The van der Waals surface area contributed by atoms with Gasteiger partial charge in [-0.25, -0.2) is 8.78 Å². The Morgan fingerprint density at radius 3 is 1.89 bits per heavy atom. The van der Waals surface area contributed by atoms with Gasteiger partial charge in [-0.15, -0.1) is 0 Å². The van der Waals surface area contributed by atoms with E-state index in [4.69, 9.17) is 0 Å². The summed E-state index contributed by atoms with van der Waals surface area (Å²) < 4.78 is 23.9. The van der Waals surface area contributed by atoms with E-state index in [9.17, 15) is 8.78 Å². The average Bonchev–Trinajstić information content (AvgIpc) is 1.63. The minimum atomic E-state index is -1.06. The van der Waals surface area contributed by atoms with Gasteiger partial charge in [0.1, 0.15) is 0 Å². The van der Waals surface area contributed by atoms with Gasteiger partial charge < -0.3 is 0 Å². The third kappa shape index (κ3) is 3.64. The summed E-state index contributed by atoms with van der Waals surface area (Å²) >= 11 is 0. The fourth-order valence-corrected chi connectivity index (χ4v) is 0.295. The maximum atomic E-state index is 12.1. The molecule has 0 radical (unpaired) electrons. The van der Waals surface area contributed by atoms with Crippen LogP contribution in [0.15, 0.2) is 36.5 Å². The van der Waals surface area contributed by atoms with Crippen LogP contribution in [-0.4, -0.2) is 0 Å². The van der Waals surface area contributed by atoms with Gasteiger partial charge in [-0.2, -0.15) is 0 Å². The molecular weight excluding hydrogens is 122 g/mol. The molecule has 0 nitrogen and oxygen atoms in total. The quantitative estimate of drug-likeness (QED) is 0.504. The van der Waals surface area contributed by atoms with Gasteiger partial charge in [-0.05, 0) is 13.0 Å². The number of hydrogen-bond acceptors (Lipinski definition) is 0. The van der Waals surface area contributed by atoms with Crippen molar-refractivity contribution in [3.05, 3.63) is 36.5 Å². The molecule has 0 aliphatic carbocycles. The van der Waals surface area contributed by atoms with Gasteiger partial charge >= 0.3 is 0 Å². The zero-order chi connectivity index (χ0) is 7.44. The Bertz CT molecular complexity index is 166. The van der Waals surface area contributed by atoms with Gasteiger partial charge in [0, 0.05) is 0 Å². The first-order chi connectivity index (χ1) is 4.04. The molecule has 0 spiro atoms. The average molecular weight is 130 g/mol. The minimum Gasteiger partial charge on any atom is -0.204 e. The van der Waals surface area contributed by atoms with Crippen LogP contribution in [0.4, 0.5) is 8.78 Å². The van der Waals surface area contributed by atoms with Crippen molar-refractivity contribution < 1.29 is 8.78 Å². The smallest absolute Gasteiger partial charge is 0.158 e. The topological polar surface area (TPSA) is 0 Å². The molecule has 0 saturated heterocycles. The van der Waals surface area contributed by atoms with Crippen molar-refractivity contribution in [1.82, 2.24) is 0 Å². The highest BCUT2D eigenvalue weighted by molar-refractivity contribution is 5.24. The van der Waals surface area contributed by atoms with Gasteiger partial charge in [0.05, 0.1) is 0 Å². The second kappa shape index (κ2) is 3.17. The Hall–Kier alpha value is -0.920. The zero-order valence-corrected chi connectivity index (χ0v) is 5.25. The number of rotatable bonds is 2. The molecule has 50 valence electrons. The van der Waals surface area contributed by atoms with Crippen molar-refractivity contribution in [2.24, 2.45) is 0 Å². The summed E-state index contributed by atoms with van der Waals surface area (Å²) in [4.78, 5) is 0. The van der Waals surface area contributed by atoms with E-state index in [1.165, 1.54) is 0 Å². The third-order valence-electron chi connectivity index (χ3n) is 0.632. The van der Waals surface area contributed by atoms with Crippen molar-refractivity contribution in [2.45, 2.75) is 6.92 Å². The van der Waals surface area contributed by atoms with E-state index < -0.39 is 11.7 Å². The van der Waals surface area contributed by atoms with Crippen molar-refractivity contribution in [3.63, 3.8) is 0 Å². The first-order valence-corrected chi connectivity index (χ1v) is 2.41. The second-order valence-corrected chi connectivity index (χ2v) is 1.74. The van der Waals surface area contributed by atoms with Crippen LogP contribution in [0.3, 0.4) is 0 Å². The molecular formula is C7H8F2. The van der Waals surface area contributed by atoms with Crippen molar-refractivity contribution in [1.29, 1.82) is 0 Å². The standard InChI is InChI=1S/C7H8F2/c1-5(2)4-7(9)6(3)8/h4H,1,3H2,2H3/b7-4+. The van der Waals surface area contributed by atoms with Crippen molar-refractivity contribution in [2.75, 3.05) is 0 Å². The Morgan fingerprint density at radius 2 is 1.78 bits per heavy atom. The Labute approximate surface area is 53.2 Å². The van der Waals surface area contributed by atoms with E-state index in [0.717, 1.165) is 6.08 Å². The molecule has 0 N–H and O–H groups in total. The van der Waals surface area contributed by atoms with Crippen LogP contribution in [0, 0.1) is 0 Å². The van der Waals surface area contributed by atoms with E-state index in [2.05, 4.69) is 13.2 Å². The largest absolute Gasteiger partial charge is 0.204 e. The van der Waals surface area contributed by atoms with E-state index in [-0.39, 0.29) is 0 Å². The highest BCUT2D eigenvalue weighted by Crippen LogP contribution is 2.11. The first kappa shape index (κ1) is 8.08. The van der Waals surface area contributed by atoms with E-state index >= 15 is 0 Å². The molecule has 0 aromatic rings. The third-order valence-corrected chi connectivity index (χ3v) is 0.632. The molecule has 0 aromatic carbocycles. The SMILES string of the molecule is C=C(C)/C=C(/F)C(=C)F. The molecule has 0 atom stereocenters. The highest BCUT2D eigenvalue weighted by atomic mass is 19.2. The van der Waals surface area contributed by atoms with Crippen LogP contribution >= 0.6 is 0 Å². The number of hydrogen-bond donors (Lipinski definition) is 0. The summed E-state index contributed by atoms with van der Waals surface area (Å²) in [5.74, 6) is -2.01. The summed E-state index contributed by atoms with van der Waals surface area (Å²) in [7, 11) is 0. The first-order valence-electron chi connectivity index (χ1n) is 2.41. The molecule has 0 heterocycles. The Balaban J connectivity index is 4.17. The molecule has 0 bridgehead atoms. The van der Waals surface area contributed by atoms with Gasteiger partial charge in [0.2, 0.25) is 0 Å². The van der Waals surface area contributed by atoms with Gasteiger partial charge in [0.25, 0.3) is 0 Å². The van der Waals surface area contributed by atoms with Gasteiger partial charge in [0.15, 0.2) is 11.7 Å². The molecule has 2 heteroatoms. The molecule has 0 unspecified atom stereocenters. The van der Waals surface area contributed by atoms with Crippen molar-refractivity contribution in [3.8, 4) is 0 Å². The molecule has 0 fully saturated rings. The molecule has 9 heavy (non-hydrogen) atoms. The lowest BCUT2D eigenvalue weighted by atomic mass is 10.3. The fourth-order valence-electron chi connectivity index (χ4n) is 0.295. The molecule has 0 aliphatic rings. The fraction of sp³-hybridized carbons (Fsp3) is 0.143. The highest BCUT2D eigenvalue weighted by Gasteiger charge is 1.96. The van der Waals surface area contributed by atoms with E-state index in [0.29, 0.717) is 5.57 Å². The van der Waals surface area contributed by atoms with Crippen LogP contribution in [0.2, 0.25) is 0 Å².